The monoisotopic (exact) mass is 583 g/mol. The average Bonchev–Trinajstić information content (AvgIpc) is 3.34. The number of nitrogens with zero attached hydrogens (tertiary/aromatic N) is 2. The summed E-state index contributed by atoms with van der Waals surface area (Å²) in [6.45, 7) is 8.43. The number of nitrogen functional groups attached to an aromatic ring is 1. The van der Waals surface area contributed by atoms with Crippen LogP contribution in [-0.2, 0) is 16.0 Å². The van der Waals surface area contributed by atoms with Crippen molar-refractivity contribution in [3.63, 3.8) is 0 Å². The molecule has 0 unspecified atom stereocenters. The second-order valence-electron chi connectivity index (χ2n) is 12.8. The molecule has 42 heavy (non-hydrogen) atoms. The van der Waals surface area contributed by atoms with E-state index in [1.165, 1.54) is 11.7 Å². The molecule has 226 valence electrons. The summed E-state index contributed by atoms with van der Waals surface area (Å²) in [7, 11) is 2.91. The lowest BCUT2D eigenvalue weighted by molar-refractivity contribution is -0.186. The van der Waals surface area contributed by atoms with E-state index in [-0.39, 0.29) is 30.1 Å². The van der Waals surface area contributed by atoms with Crippen LogP contribution >= 0.6 is 0 Å². The molecule has 1 aliphatic carbocycles. The standard InChI is InChI=1S/C32H39F2N3O5/c1-19-13-26(40-5)23(21-9-11-37(27(19)21)29(39)42-30(2,3)4)16-36-12-10-31(17-32(33,34)18-31)15-25(36)20-7-8-22(24(35)14-20)28(38)41-6/h7-9,11,13-14,25H,10,12,15-18,35H2,1-6H3/t25-/m1/s1. The maximum absolute atomic E-state index is 14.1. The fraction of sp³-hybridized carbons (Fsp3) is 0.500. The van der Waals surface area contributed by atoms with Crippen molar-refractivity contribution in [1.82, 2.24) is 9.47 Å². The minimum Gasteiger partial charge on any atom is -0.496 e. The van der Waals surface area contributed by atoms with Gasteiger partial charge in [0.05, 0.1) is 25.3 Å². The zero-order chi connectivity index (χ0) is 30.6. The number of nitrogens with two attached hydrogens (primary N) is 1. The van der Waals surface area contributed by atoms with Gasteiger partial charge in [-0.25, -0.2) is 18.4 Å². The van der Waals surface area contributed by atoms with Gasteiger partial charge in [0, 0.05) is 48.3 Å². The van der Waals surface area contributed by atoms with Crippen LogP contribution in [0.4, 0.5) is 19.3 Å². The second kappa shape index (κ2) is 10.6. The summed E-state index contributed by atoms with van der Waals surface area (Å²) >= 11 is 0. The average molecular weight is 584 g/mol. The van der Waals surface area contributed by atoms with Crippen LogP contribution in [0.1, 0.15) is 79.5 Å². The van der Waals surface area contributed by atoms with Gasteiger partial charge in [-0.2, -0.15) is 0 Å². The van der Waals surface area contributed by atoms with E-state index in [0.29, 0.717) is 31.7 Å². The molecule has 1 aromatic heterocycles. The summed E-state index contributed by atoms with van der Waals surface area (Å²) in [5.74, 6) is -2.50. The number of anilines is 1. The Hall–Kier alpha value is -3.66. The van der Waals surface area contributed by atoms with Gasteiger partial charge in [-0.1, -0.05) is 6.07 Å². The van der Waals surface area contributed by atoms with Crippen molar-refractivity contribution in [3.05, 3.63) is 58.8 Å². The number of hydrogen-bond acceptors (Lipinski definition) is 7. The van der Waals surface area contributed by atoms with Crippen molar-refractivity contribution in [2.45, 2.75) is 77.5 Å². The predicted octanol–water partition coefficient (Wildman–Crippen LogP) is 6.86. The highest BCUT2D eigenvalue weighted by molar-refractivity contribution is 5.96. The minimum absolute atomic E-state index is 0.128. The van der Waals surface area contributed by atoms with Crippen LogP contribution in [0.3, 0.4) is 0 Å². The Morgan fingerprint density at radius 1 is 1.12 bits per heavy atom. The molecule has 2 heterocycles. The number of fused-ring (bicyclic) bond motifs is 1. The molecule has 0 bridgehead atoms. The van der Waals surface area contributed by atoms with E-state index in [9.17, 15) is 18.4 Å². The minimum atomic E-state index is -2.64. The van der Waals surface area contributed by atoms with Gasteiger partial charge >= 0.3 is 12.1 Å². The first-order valence-electron chi connectivity index (χ1n) is 14.2. The lowest BCUT2D eigenvalue weighted by atomic mass is 9.59. The molecule has 1 atom stereocenters. The molecule has 3 aromatic rings. The van der Waals surface area contributed by atoms with Crippen LogP contribution in [0.2, 0.25) is 0 Å². The molecule has 0 radical (unpaired) electrons. The zero-order valence-corrected chi connectivity index (χ0v) is 25.1. The fourth-order valence-corrected chi connectivity index (χ4v) is 6.72. The number of alkyl halides is 2. The predicted molar refractivity (Wildman–Crippen MR) is 156 cm³/mol. The third-order valence-electron chi connectivity index (χ3n) is 8.53. The first kappa shape index (κ1) is 29.8. The Bertz CT molecular complexity index is 1530. The van der Waals surface area contributed by atoms with Gasteiger partial charge in [0.15, 0.2) is 0 Å². The highest BCUT2D eigenvalue weighted by Gasteiger charge is 2.58. The largest absolute Gasteiger partial charge is 0.496 e. The quantitative estimate of drug-likeness (QED) is 0.259. The van der Waals surface area contributed by atoms with E-state index in [0.717, 1.165) is 27.6 Å². The number of rotatable bonds is 5. The van der Waals surface area contributed by atoms with Gasteiger partial charge in [0.25, 0.3) is 0 Å². The lowest BCUT2D eigenvalue weighted by Crippen LogP contribution is -2.53. The van der Waals surface area contributed by atoms with Crippen molar-refractivity contribution in [1.29, 1.82) is 0 Å². The summed E-state index contributed by atoms with van der Waals surface area (Å²) in [6, 6.07) is 8.79. The summed E-state index contributed by atoms with van der Waals surface area (Å²) in [6.07, 6.45) is 2.16. The van der Waals surface area contributed by atoms with E-state index < -0.39 is 29.0 Å². The molecule has 5 rings (SSSR count). The van der Waals surface area contributed by atoms with Gasteiger partial charge in [0.1, 0.15) is 11.4 Å². The van der Waals surface area contributed by atoms with Crippen molar-refractivity contribution >= 4 is 28.7 Å². The van der Waals surface area contributed by atoms with Crippen molar-refractivity contribution in [3.8, 4) is 5.75 Å². The van der Waals surface area contributed by atoms with Crippen molar-refractivity contribution in [2.75, 3.05) is 26.5 Å². The molecule has 2 aromatic carbocycles. The Balaban J connectivity index is 1.54. The first-order valence-corrected chi connectivity index (χ1v) is 14.2. The van der Waals surface area contributed by atoms with E-state index in [4.69, 9.17) is 19.9 Å². The summed E-state index contributed by atoms with van der Waals surface area (Å²) in [4.78, 5) is 27.5. The van der Waals surface area contributed by atoms with E-state index in [1.54, 1.807) is 25.4 Å². The Morgan fingerprint density at radius 2 is 1.83 bits per heavy atom. The Labute approximate surface area is 244 Å². The van der Waals surface area contributed by atoms with E-state index >= 15 is 0 Å². The van der Waals surface area contributed by atoms with Crippen LogP contribution in [0.5, 0.6) is 5.75 Å². The summed E-state index contributed by atoms with van der Waals surface area (Å²) < 4.78 is 46.1. The topological polar surface area (TPSA) is 96.0 Å². The highest BCUT2D eigenvalue weighted by atomic mass is 19.3. The molecule has 10 heteroatoms. The third kappa shape index (κ3) is 5.56. The molecule has 1 saturated heterocycles. The number of hydrogen-bond donors (Lipinski definition) is 1. The number of carbonyl (C=O) groups excluding carboxylic acids is 2. The number of methoxy groups -OCH3 is 2. The number of halogens is 2. The normalized spacial score (nSPS) is 19.9. The van der Waals surface area contributed by atoms with Crippen LogP contribution in [0, 0.1) is 12.3 Å². The molecule has 0 amide bonds. The van der Waals surface area contributed by atoms with Crippen LogP contribution < -0.4 is 10.5 Å². The van der Waals surface area contributed by atoms with Crippen LogP contribution in [-0.4, -0.2) is 53.8 Å². The molecule has 1 aliphatic heterocycles. The Kier molecular flexibility index (Phi) is 7.50. The molecular weight excluding hydrogens is 544 g/mol. The number of aromatic nitrogens is 1. The molecule has 2 N–H and O–H groups in total. The summed E-state index contributed by atoms with van der Waals surface area (Å²) in [5.41, 5.74) is 9.03. The molecular formula is C32H39F2N3O5. The molecule has 1 spiro atoms. The fourth-order valence-electron chi connectivity index (χ4n) is 6.72. The van der Waals surface area contributed by atoms with Crippen molar-refractivity contribution in [2.24, 2.45) is 5.41 Å². The maximum atomic E-state index is 14.1. The number of piperidine rings is 1. The van der Waals surface area contributed by atoms with E-state index in [1.807, 2.05) is 45.9 Å². The molecule has 8 nitrogen and oxygen atoms in total. The Morgan fingerprint density at radius 3 is 2.43 bits per heavy atom. The number of likely N-dealkylation sites (tertiary alicyclic amines) is 1. The highest BCUT2D eigenvalue weighted by Crippen LogP contribution is 2.60. The van der Waals surface area contributed by atoms with Gasteiger partial charge in [-0.3, -0.25) is 9.47 Å². The number of carbonyl (C=O) groups is 2. The van der Waals surface area contributed by atoms with Crippen LogP contribution in [0.25, 0.3) is 10.9 Å². The molecule has 2 aliphatic rings. The third-order valence-corrected chi connectivity index (χ3v) is 8.53. The SMILES string of the molecule is COC(=O)c1ccc([C@H]2CC3(CCN2Cc2c(OC)cc(C)c4c2ccn4C(=O)OC(C)(C)C)CC(F)(F)C3)cc1N. The number of ether oxygens (including phenoxy) is 3. The second-order valence-corrected chi connectivity index (χ2v) is 12.8. The van der Waals surface area contributed by atoms with Gasteiger partial charge < -0.3 is 19.9 Å². The number of aryl methyl sites for hydroxylation is 1. The first-order chi connectivity index (χ1) is 19.7. The van der Waals surface area contributed by atoms with Crippen molar-refractivity contribution < 1.29 is 32.6 Å². The van der Waals surface area contributed by atoms with E-state index in [2.05, 4.69) is 4.90 Å². The van der Waals surface area contributed by atoms with Crippen LogP contribution in [0.15, 0.2) is 36.5 Å². The lowest BCUT2D eigenvalue weighted by Gasteiger charge is -2.54. The molecule has 1 saturated carbocycles. The maximum Gasteiger partial charge on any atom is 0.419 e. The van der Waals surface area contributed by atoms with Gasteiger partial charge in [0.2, 0.25) is 5.92 Å². The molecule has 2 fully saturated rings. The number of benzene rings is 2. The smallest absolute Gasteiger partial charge is 0.419 e. The zero-order valence-electron chi connectivity index (χ0n) is 25.1. The summed E-state index contributed by atoms with van der Waals surface area (Å²) in [5, 5.41) is 0.854. The van der Waals surface area contributed by atoms with Gasteiger partial charge in [-0.15, -0.1) is 0 Å². The van der Waals surface area contributed by atoms with Gasteiger partial charge in [-0.05, 0) is 87.9 Å². The number of esters is 1.